The number of carbonyl (C=O) groups excluding carboxylic acids is 2. The summed E-state index contributed by atoms with van der Waals surface area (Å²) < 4.78 is 0. The molecule has 4 rings (SSSR count). The fourth-order valence-electron chi connectivity index (χ4n) is 3.30. The maximum atomic E-state index is 12.7. The standard InChI is InChI=1S/C17H17N3O2S/c21-15-7-6-13-10-19(8-9-20(13)15)17(22)16-18-14(11-23-16)12-4-2-1-3-5-12/h1-5,11,13H,6-10H2. The quantitative estimate of drug-likeness (QED) is 0.850. The van der Waals surface area contributed by atoms with E-state index in [-0.39, 0.29) is 17.9 Å². The number of hydrogen-bond acceptors (Lipinski definition) is 4. The molecule has 23 heavy (non-hydrogen) atoms. The lowest BCUT2D eigenvalue weighted by atomic mass is 10.1. The molecule has 118 valence electrons. The summed E-state index contributed by atoms with van der Waals surface area (Å²) in [6.07, 6.45) is 1.47. The lowest BCUT2D eigenvalue weighted by Gasteiger charge is -2.37. The Labute approximate surface area is 138 Å². The maximum Gasteiger partial charge on any atom is 0.282 e. The summed E-state index contributed by atoms with van der Waals surface area (Å²) in [6, 6.07) is 10.1. The second kappa shape index (κ2) is 5.77. The minimum absolute atomic E-state index is 0.0174. The van der Waals surface area contributed by atoms with Crippen molar-refractivity contribution < 1.29 is 9.59 Å². The van der Waals surface area contributed by atoms with Crippen LogP contribution in [0.25, 0.3) is 11.3 Å². The predicted octanol–water partition coefficient (Wildman–Crippen LogP) is 2.26. The molecule has 6 heteroatoms. The van der Waals surface area contributed by atoms with E-state index in [4.69, 9.17) is 0 Å². The summed E-state index contributed by atoms with van der Waals surface area (Å²) in [5.74, 6) is 0.207. The van der Waals surface area contributed by atoms with Gasteiger partial charge in [0.05, 0.1) is 5.69 Å². The summed E-state index contributed by atoms with van der Waals surface area (Å²) in [4.78, 5) is 32.7. The summed E-state index contributed by atoms with van der Waals surface area (Å²) in [5, 5.41) is 2.46. The molecule has 0 saturated carbocycles. The van der Waals surface area contributed by atoms with Crippen molar-refractivity contribution in [2.45, 2.75) is 18.9 Å². The Bertz CT molecular complexity index is 743. The highest BCUT2D eigenvalue weighted by Gasteiger charge is 2.37. The highest BCUT2D eigenvalue weighted by Crippen LogP contribution is 2.26. The molecule has 1 unspecified atom stereocenters. The first-order chi connectivity index (χ1) is 11.2. The SMILES string of the molecule is O=C(c1nc(-c2ccccc2)cs1)N1CCN2C(=O)CCC2C1. The topological polar surface area (TPSA) is 53.5 Å². The second-order valence-corrected chi connectivity index (χ2v) is 6.79. The fourth-order valence-corrected chi connectivity index (χ4v) is 4.09. The van der Waals surface area contributed by atoms with Crippen LogP contribution in [0.4, 0.5) is 0 Å². The number of fused-ring (bicyclic) bond motifs is 1. The van der Waals surface area contributed by atoms with Gasteiger partial charge in [-0.15, -0.1) is 11.3 Å². The first-order valence-electron chi connectivity index (χ1n) is 7.82. The van der Waals surface area contributed by atoms with Crippen molar-refractivity contribution in [3.05, 3.63) is 40.7 Å². The third kappa shape index (κ3) is 2.63. The normalized spacial score (nSPS) is 20.7. The van der Waals surface area contributed by atoms with E-state index in [1.807, 2.05) is 45.5 Å². The van der Waals surface area contributed by atoms with Gasteiger partial charge in [-0.1, -0.05) is 30.3 Å². The predicted molar refractivity (Wildman–Crippen MR) is 88.2 cm³/mol. The van der Waals surface area contributed by atoms with Crippen LogP contribution in [-0.2, 0) is 4.79 Å². The molecule has 1 atom stereocenters. The number of hydrogen-bond donors (Lipinski definition) is 0. The molecule has 0 radical (unpaired) electrons. The number of aromatic nitrogens is 1. The van der Waals surface area contributed by atoms with Crippen LogP contribution in [0.1, 0.15) is 22.6 Å². The molecule has 0 spiro atoms. The molecule has 0 N–H and O–H groups in total. The highest BCUT2D eigenvalue weighted by atomic mass is 32.1. The van der Waals surface area contributed by atoms with Gasteiger partial charge >= 0.3 is 0 Å². The first-order valence-corrected chi connectivity index (χ1v) is 8.70. The summed E-state index contributed by atoms with van der Waals surface area (Å²) in [7, 11) is 0. The Morgan fingerprint density at radius 2 is 2.04 bits per heavy atom. The van der Waals surface area contributed by atoms with Gasteiger partial charge in [-0.2, -0.15) is 0 Å². The average molecular weight is 327 g/mol. The zero-order valence-corrected chi connectivity index (χ0v) is 13.5. The molecule has 2 fully saturated rings. The van der Waals surface area contributed by atoms with E-state index >= 15 is 0 Å². The fraction of sp³-hybridized carbons (Fsp3) is 0.353. The van der Waals surface area contributed by atoms with Gasteiger partial charge < -0.3 is 9.80 Å². The molecule has 0 aliphatic carbocycles. The van der Waals surface area contributed by atoms with E-state index in [1.54, 1.807) is 0 Å². The number of nitrogens with zero attached hydrogens (tertiary/aromatic N) is 3. The minimum atomic E-state index is -0.0174. The Balaban J connectivity index is 1.50. The van der Waals surface area contributed by atoms with Gasteiger partial charge in [0.2, 0.25) is 5.91 Å². The van der Waals surface area contributed by atoms with Crippen LogP contribution in [0.15, 0.2) is 35.7 Å². The smallest absolute Gasteiger partial charge is 0.282 e. The Morgan fingerprint density at radius 3 is 2.87 bits per heavy atom. The molecule has 3 heterocycles. The van der Waals surface area contributed by atoms with Gasteiger partial charge in [0.25, 0.3) is 5.91 Å². The molecular formula is C17H17N3O2S. The monoisotopic (exact) mass is 327 g/mol. The van der Waals surface area contributed by atoms with Gasteiger partial charge in [-0.05, 0) is 6.42 Å². The van der Waals surface area contributed by atoms with Crippen LogP contribution < -0.4 is 0 Å². The molecule has 2 saturated heterocycles. The van der Waals surface area contributed by atoms with Crippen LogP contribution in [0, 0.1) is 0 Å². The Hall–Kier alpha value is -2.21. The summed E-state index contributed by atoms with van der Waals surface area (Å²) in [6.45, 7) is 1.87. The molecule has 2 aliphatic heterocycles. The summed E-state index contributed by atoms with van der Waals surface area (Å²) in [5.41, 5.74) is 1.86. The second-order valence-electron chi connectivity index (χ2n) is 5.93. The largest absolute Gasteiger partial charge is 0.336 e. The number of amides is 2. The summed E-state index contributed by atoms with van der Waals surface area (Å²) >= 11 is 1.39. The van der Waals surface area contributed by atoms with Gasteiger partial charge in [0.1, 0.15) is 0 Å². The molecule has 2 aromatic rings. The van der Waals surface area contributed by atoms with Gasteiger partial charge in [0, 0.05) is 43.0 Å². The van der Waals surface area contributed by atoms with E-state index in [1.165, 1.54) is 11.3 Å². The van der Waals surface area contributed by atoms with E-state index in [2.05, 4.69) is 4.98 Å². The maximum absolute atomic E-state index is 12.7. The third-order valence-electron chi connectivity index (χ3n) is 4.54. The number of rotatable bonds is 2. The van der Waals surface area contributed by atoms with Crippen molar-refractivity contribution in [2.75, 3.05) is 19.6 Å². The van der Waals surface area contributed by atoms with Crippen LogP contribution in [-0.4, -0.2) is 52.3 Å². The highest BCUT2D eigenvalue weighted by molar-refractivity contribution is 7.12. The number of thiazole rings is 1. The van der Waals surface area contributed by atoms with Crippen LogP contribution in [0.2, 0.25) is 0 Å². The number of benzene rings is 1. The van der Waals surface area contributed by atoms with Crippen molar-refractivity contribution in [1.82, 2.24) is 14.8 Å². The zero-order chi connectivity index (χ0) is 15.8. The van der Waals surface area contributed by atoms with Crippen molar-refractivity contribution in [3.63, 3.8) is 0 Å². The Kier molecular flexibility index (Phi) is 3.61. The van der Waals surface area contributed by atoms with Crippen LogP contribution >= 0.6 is 11.3 Å². The van der Waals surface area contributed by atoms with Crippen molar-refractivity contribution >= 4 is 23.2 Å². The molecule has 1 aromatic carbocycles. The van der Waals surface area contributed by atoms with Crippen molar-refractivity contribution in [3.8, 4) is 11.3 Å². The molecule has 2 amide bonds. The first kappa shape index (κ1) is 14.4. The Morgan fingerprint density at radius 1 is 1.22 bits per heavy atom. The molecular weight excluding hydrogens is 310 g/mol. The number of piperazine rings is 1. The van der Waals surface area contributed by atoms with Crippen LogP contribution in [0.5, 0.6) is 0 Å². The number of carbonyl (C=O) groups is 2. The zero-order valence-electron chi connectivity index (χ0n) is 12.6. The van der Waals surface area contributed by atoms with E-state index in [0.29, 0.717) is 31.1 Å². The third-order valence-corrected chi connectivity index (χ3v) is 5.37. The van der Waals surface area contributed by atoms with E-state index in [0.717, 1.165) is 17.7 Å². The van der Waals surface area contributed by atoms with Gasteiger partial charge in [-0.3, -0.25) is 9.59 Å². The molecule has 5 nitrogen and oxygen atoms in total. The van der Waals surface area contributed by atoms with E-state index < -0.39 is 0 Å². The van der Waals surface area contributed by atoms with Crippen LogP contribution in [0.3, 0.4) is 0 Å². The van der Waals surface area contributed by atoms with Gasteiger partial charge in [-0.25, -0.2) is 4.98 Å². The molecule has 1 aromatic heterocycles. The lowest BCUT2D eigenvalue weighted by Crippen LogP contribution is -2.53. The van der Waals surface area contributed by atoms with Crippen molar-refractivity contribution in [2.24, 2.45) is 0 Å². The van der Waals surface area contributed by atoms with E-state index in [9.17, 15) is 9.59 Å². The average Bonchev–Trinajstić information content (AvgIpc) is 3.22. The van der Waals surface area contributed by atoms with Gasteiger partial charge in [0.15, 0.2) is 5.01 Å². The lowest BCUT2D eigenvalue weighted by molar-refractivity contribution is -0.130. The minimum Gasteiger partial charge on any atom is -0.336 e. The van der Waals surface area contributed by atoms with Crippen molar-refractivity contribution in [1.29, 1.82) is 0 Å². The molecule has 0 bridgehead atoms. The molecule has 2 aliphatic rings.